The molecule has 0 radical (unpaired) electrons. The van der Waals surface area contributed by atoms with Crippen LogP contribution in [-0.2, 0) is 6.42 Å². The lowest BCUT2D eigenvalue weighted by molar-refractivity contribution is 0.0734. The SMILES string of the molecule is CCC(C)Cc1ccc(OC(=O)c2ccc(C3=CCC(C)CC3)cc2)cc1. The molecule has 0 aromatic heterocycles. The Balaban J connectivity index is 1.61. The molecule has 2 aromatic carbocycles. The molecule has 2 heteroatoms. The second-order valence-electron chi connectivity index (χ2n) is 7.94. The largest absolute Gasteiger partial charge is 0.423 e. The van der Waals surface area contributed by atoms with Crippen LogP contribution in [-0.4, -0.2) is 5.97 Å². The Morgan fingerprint density at radius 1 is 1.11 bits per heavy atom. The van der Waals surface area contributed by atoms with E-state index in [1.807, 2.05) is 36.4 Å². The molecule has 2 aromatic rings. The van der Waals surface area contributed by atoms with Crippen LogP contribution < -0.4 is 4.74 Å². The average Bonchev–Trinajstić information content (AvgIpc) is 2.70. The van der Waals surface area contributed by atoms with Crippen molar-refractivity contribution >= 4 is 11.5 Å². The molecule has 0 aliphatic heterocycles. The van der Waals surface area contributed by atoms with E-state index in [1.165, 1.54) is 29.5 Å². The van der Waals surface area contributed by atoms with E-state index in [0.717, 1.165) is 25.2 Å². The van der Waals surface area contributed by atoms with Gasteiger partial charge in [0.1, 0.15) is 5.75 Å². The van der Waals surface area contributed by atoms with Gasteiger partial charge in [-0.15, -0.1) is 0 Å². The molecule has 0 saturated carbocycles. The molecule has 142 valence electrons. The van der Waals surface area contributed by atoms with Crippen molar-refractivity contribution in [1.29, 1.82) is 0 Å². The number of esters is 1. The highest BCUT2D eigenvalue weighted by Crippen LogP contribution is 2.30. The van der Waals surface area contributed by atoms with Crippen molar-refractivity contribution in [3.8, 4) is 5.75 Å². The predicted octanol–water partition coefficient (Wildman–Crippen LogP) is 6.70. The molecule has 0 amide bonds. The third kappa shape index (κ3) is 5.32. The molecule has 2 atom stereocenters. The van der Waals surface area contributed by atoms with Crippen molar-refractivity contribution in [1.82, 2.24) is 0 Å². The van der Waals surface area contributed by atoms with Gasteiger partial charge in [0, 0.05) is 0 Å². The molecule has 2 nitrogen and oxygen atoms in total. The van der Waals surface area contributed by atoms with Crippen LogP contribution in [0.2, 0.25) is 0 Å². The van der Waals surface area contributed by atoms with Gasteiger partial charge in [-0.1, -0.05) is 57.5 Å². The van der Waals surface area contributed by atoms with Gasteiger partial charge >= 0.3 is 5.97 Å². The second-order valence-corrected chi connectivity index (χ2v) is 7.94. The van der Waals surface area contributed by atoms with Crippen LogP contribution in [0.5, 0.6) is 5.75 Å². The smallest absolute Gasteiger partial charge is 0.343 e. The van der Waals surface area contributed by atoms with E-state index >= 15 is 0 Å². The van der Waals surface area contributed by atoms with Crippen molar-refractivity contribution < 1.29 is 9.53 Å². The molecule has 0 heterocycles. The summed E-state index contributed by atoms with van der Waals surface area (Å²) in [5.41, 5.74) is 4.48. The van der Waals surface area contributed by atoms with E-state index < -0.39 is 0 Å². The first kappa shape index (κ1) is 19.4. The second kappa shape index (κ2) is 9.03. The summed E-state index contributed by atoms with van der Waals surface area (Å²) < 4.78 is 5.53. The fourth-order valence-corrected chi connectivity index (χ4v) is 3.45. The Kier molecular flexibility index (Phi) is 6.49. The summed E-state index contributed by atoms with van der Waals surface area (Å²) in [5.74, 6) is 1.74. The molecule has 2 unspecified atom stereocenters. The van der Waals surface area contributed by atoms with Crippen LogP contribution in [0.3, 0.4) is 0 Å². The van der Waals surface area contributed by atoms with Crippen LogP contribution in [0.4, 0.5) is 0 Å². The number of rotatable bonds is 6. The molecule has 1 aliphatic carbocycles. The topological polar surface area (TPSA) is 26.3 Å². The molecular weight excluding hydrogens is 332 g/mol. The number of hydrogen-bond acceptors (Lipinski definition) is 2. The fraction of sp³-hybridized carbons (Fsp3) is 0.400. The van der Waals surface area contributed by atoms with Crippen LogP contribution in [0.1, 0.15) is 67.9 Å². The van der Waals surface area contributed by atoms with E-state index in [4.69, 9.17) is 4.74 Å². The molecule has 0 N–H and O–H groups in total. The summed E-state index contributed by atoms with van der Waals surface area (Å²) in [4.78, 5) is 12.4. The van der Waals surface area contributed by atoms with Gasteiger partial charge in [0.05, 0.1) is 5.56 Å². The van der Waals surface area contributed by atoms with Gasteiger partial charge in [-0.2, -0.15) is 0 Å². The third-order valence-electron chi connectivity index (χ3n) is 5.58. The normalized spacial score (nSPS) is 17.9. The summed E-state index contributed by atoms with van der Waals surface area (Å²) in [5, 5.41) is 0. The number of allylic oxidation sites excluding steroid dienone is 2. The zero-order valence-electron chi connectivity index (χ0n) is 16.7. The fourth-order valence-electron chi connectivity index (χ4n) is 3.45. The van der Waals surface area contributed by atoms with E-state index in [-0.39, 0.29) is 5.97 Å². The van der Waals surface area contributed by atoms with Crippen molar-refractivity contribution in [2.24, 2.45) is 11.8 Å². The lowest BCUT2D eigenvalue weighted by atomic mass is 9.87. The molecule has 1 aliphatic rings. The lowest BCUT2D eigenvalue weighted by Crippen LogP contribution is -2.09. The number of hydrogen-bond donors (Lipinski definition) is 0. The highest BCUT2D eigenvalue weighted by molar-refractivity contribution is 5.91. The zero-order chi connectivity index (χ0) is 19.2. The minimum Gasteiger partial charge on any atom is -0.423 e. The Bertz CT molecular complexity index is 784. The highest BCUT2D eigenvalue weighted by atomic mass is 16.5. The van der Waals surface area contributed by atoms with Gasteiger partial charge in [0.15, 0.2) is 0 Å². The summed E-state index contributed by atoms with van der Waals surface area (Å²) in [6.07, 6.45) is 8.06. The molecule has 0 spiro atoms. The van der Waals surface area contributed by atoms with E-state index in [0.29, 0.717) is 17.2 Å². The first-order chi connectivity index (χ1) is 13.0. The lowest BCUT2D eigenvalue weighted by Gasteiger charge is -2.18. The van der Waals surface area contributed by atoms with E-state index in [1.54, 1.807) is 0 Å². The molecule has 27 heavy (non-hydrogen) atoms. The summed E-state index contributed by atoms with van der Waals surface area (Å²) >= 11 is 0. The van der Waals surface area contributed by atoms with Crippen molar-refractivity contribution in [3.63, 3.8) is 0 Å². The minimum atomic E-state index is -0.303. The number of carbonyl (C=O) groups excluding carboxylic acids is 1. The monoisotopic (exact) mass is 362 g/mol. The summed E-state index contributed by atoms with van der Waals surface area (Å²) in [7, 11) is 0. The maximum atomic E-state index is 12.4. The quantitative estimate of drug-likeness (QED) is 0.422. The van der Waals surface area contributed by atoms with Crippen LogP contribution in [0.25, 0.3) is 5.57 Å². The predicted molar refractivity (Wildman–Crippen MR) is 112 cm³/mol. The van der Waals surface area contributed by atoms with Gasteiger partial charge in [0.25, 0.3) is 0 Å². The van der Waals surface area contributed by atoms with Gasteiger partial charge < -0.3 is 4.74 Å². The Morgan fingerprint density at radius 2 is 1.81 bits per heavy atom. The first-order valence-electron chi connectivity index (χ1n) is 10.2. The van der Waals surface area contributed by atoms with Crippen molar-refractivity contribution in [3.05, 3.63) is 71.3 Å². The standard InChI is InChI=1S/C25H30O2/c1-4-18(2)17-20-7-15-24(16-8-20)27-25(26)23-13-11-22(12-14-23)21-9-5-19(3)6-10-21/h7-9,11-16,18-19H,4-6,10,17H2,1-3H3. The van der Waals surface area contributed by atoms with Crippen molar-refractivity contribution in [2.45, 2.75) is 52.9 Å². The number of carbonyl (C=O) groups is 1. The van der Waals surface area contributed by atoms with Crippen molar-refractivity contribution in [2.75, 3.05) is 0 Å². The Hall–Kier alpha value is -2.35. The van der Waals surface area contributed by atoms with Crippen LogP contribution in [0, 0.1) is 11.8 Å². The van der Waals surface area contributed by atoms with Gasteiger partial charge in [-0.05, 0) is 78.5 Å². The molecular formula is C25H30O2. The first-order valence-corrected chi connectivity index (χ1v) is 10.2. The van der Waals surface area contributed by atoms with Gasteiger partial charge in [-0.3, -0.25) is 0 Å². The minimum absolute atomic E-state index is 0.303. The number of benzene rings is 2. The van der Waals surface area contributed by atoms with Gasteiger partial charge in [0.2, 0.25) is 0 Å². The Morgan fingerprint density at radius 3 is 2.41 bits per heavy atom. The third-order valence-corrected chi connectivity index (χ3v) is 5.58. The zero-order valence-corrected chi connectivity index (χ0v) is 16.7. The molecule has 0 bridgehead atoms. The molecule has 3 rings (SSSR count). The number of ether oxygens (including phenoxy) is 1. The van der Waals surface area contributed by atoms with Crippen LogP contribution in [0.15, 0.2) is 54.6 Å². The Labute approximate surface area is 163 Å². The van der Waals surface area contributed by atoms with Crippen LogP contribution >= 0.6 is 0 Å². The average molecular weight is 363 g/mol. The molecule has 0 saturated heterocycles. The van der Waals surface area contributed by atoms with Gasteiger partial charge in [-0.25, -0.2) is 4.79 Å². The summed E-state index contributed by atoms with van der Waals surface area (Å²) in [6.45, 7) is 6.75. The highest BCUT2D eigenvalue weighted by Gasteiger charge is 2.13. The maximum Gasteiger partial charge on any atom is 0.343 e. The summed E-state index contributed by atoms with van der Waals surface area (Å²) in [6, 6.07) is 15.7. The molecule has 0 fully saturated rings. The van der Waals surface area contributed by atoms with E-state index in [9.17, 15) is 4.79 Å². The maximum absolute atomic E-state index is 12.4. The van der Waals surface area contributed by atoms with E-state index in [2.05, 4.69) is 39.0 Å².